The summed E-state index contributed by atoms with van der Waals surface area (Å²) in [5.74, 6) is 7.40. The smallest absolute Gasteiger partial charge is 0.224 e. The number of hydrazine groups is 1. The quantitative estimate of drug-likeness (QED) is 0.656. The average Bonchev–Trinajstić information content (AvgIpc) is 2.41. The van der Waals surface area contributed by atoms with Gasteiger partial charge in [-0.3, -0.25) is 0 Å². The number of hydrogen-bond acceptors (Lipinski definition) is 5. The van der Waals surface area contributed by atoms with Crippen molar-refractivity contribution in [1.82, 2.24) is 9.97 Å². The standard InChI is InChI=1S/C12H12BrClN4O/c1-2-10-16-11(18-15)6-12(17-10)19-9-4-3-7(13)5-8(9)14/h3-6H,2,15H2,1H3,(H,16,17,18). The highest BCUT2D eigenvalue weighted by Crippen LogP contribution is 2.31. The Balaban J connectivity index is 2.31. The Kier molecular flexibility index (Phi) is 4.57. The van der Waals surface area contributed by atoms with Crippen LogP contribution in [-0.2, 0) is 6.42 Å². The molecule has 1 aromatic heterocycles. The number of halogens is 2. The summed E-state index contributed by atoms with van der Waals surface area (Å²) >= 11 is 9.42. The summed E-state index contributed by atoms with van der Waals surface area (Å²) in [6.07, 6.45) is 0.681. The van der Waals surface area contributed by atoms with Crippen LogP contribution in [-0.4, -0.2) is 9.97 Å². The molecule has 0 bridgehead atoms. The number of ether oxygens (including phenoxy) is 1. The lowest BCUT2D eigenvalue weighted by atomic mass is 10.3. The molecule has 0 spiro atoms. The second kappa shape index (κ2) is 6.18. The van der Waals surface area contributed by atoms with Crippen LogP contribution in [0.4, 0.5) is 5.82 Å². The predicted molar refractivity (Wildman–Crippen MR) is 78.4 cm³/mol. The van der Waals surface area contributed by atoms with Crippen molar-refractivity contribution in [1.29, 1.82) is 0 Å². The molecular weight excluding hydrogens is 332 g/mol. The van der Waals surface area contributed by atoms with Gasteiger partial charge < -0.3 is 10.2 Å². The molecule has 0 saturated carbocycles. The minimum Gasteiger partial charge on any atom is -0.437 e. The van der Waals surface area contributed by atoms with Crippen molar-refractivity contribution < 1.29 is 4.74 Å². The number of aromatic nitrogens is 2. The maximum Gasteiger partial charge on any atom is 0.224 e. The fourth-order valence-corrected chi connectivity index (χ4v) is 2.14. The third-order valence-electron chi connectivity index (χ3n) is 2.32. The van der Waals surface area contributed by atoms with Gasteiger partial charge in [0.15, 0.2) is 0 Å². The predicted octanol–water partition coefficient (Wildman–Crippen LogP) is 3.53. The molecule has 7 heteroatoms. The van der Waals surface area contributed by atoms with Crippen LogP contribution in [0.1, 0.15) is 12.7 Å². The number of hydrogen-bond donors (Lipinski definition) is 2. The van der Waals surface area contributed by atoms with Crippen LogP contribution in [0.5, 0.6) is 11.6 Å². The summed E-state index contributed by atoms with van der Waals surface area (Å²) in [6.45, 7) is 1.95. The molecule has 0 amide bonds. The van der Waals surface area contributed by atoms with E-state index in [-0.39, 0.29) is 0 Å². The molecule has 3 N–H and O–H groups in total. The first-order valence-electron chi connectivity index (χ1n) is 5.60. The van der Waals surface area contributed by atoms with E-state index in [4.69, 9.17) is 22.2 Å². The number of nitrogens with two attached hydrogens (primary N) is 1. The van der Waals surface area contributed by atoms with Gasteiger partial charge in [-0.25, -0.2) is 10.8 Å². The SMILES string of the molecule is CCc1nc(NN)cc(Oc2ccc(Br)cc2Cl)n1. The number of nitrogens with one attached hydrogen (secondary N) is 1. The average molecular weight is 344 g/mol. The van der Waals surface area contributed by atoms with Gasteiger partial charge in [0.25, 0.3) is 0 Å². The highest BCUT2D eigenvalue weighted by atomic mass is 79.9. The van der Waals surface area contributed by atoms with Crippen LogP contribution in [0.15, 0.2) is 28.7 Å². The van der Waals surface area contributed by atoms with Crippen LogP contribution < -0.4 is 16.0 Å². The minimum atomic E-state index is 0.393. The molecule has 1 heterocycles. The van der Waals surface area contributed by atoms with Crippen molar-refractivity contribution >= 4 is 33.3 Å². The number of benzene rings is 1. The van der Waals surface area contributed by atoms with E-state index in [9.17, 15) is 0 Å². The minimum absolute atomic E-state index is 0.393. The molecule has 2 rings (SSSR count). The Morgan fingerprint density at radius 1 is 1.37 bits per heavy atom. The summed E-state index contributed by atoms with van der Waals surface area (Å²) in [5.41, 5.74) is 2.48. The Labute approximate surface area is 124 Å². The summed E-state index contributed by atoms with van der Waals surface area (Å²) in [6, 6.07) is 6.96. The molecule has 0 radical (unpaired) electrons. The third kappa shape index (κ3) is 3.56. The fourth-order valence-electron chi connectivity index (χ4n) is 1.43. The van der Waals surface area contributed by atoms with Crippen molar-refractivity contribution in [2.45, 2.75) is 13.3 Å². The molecule has 0 atom stereocenters. The van der Waals surface area contributed by atoms with Gasteiger partial charge in [0.2, 0.25) is 5.88 Å². The summed E-state index contributed by atoms with van der Waals surface area (Å²) in [5, 5.41) is 0.494. The van der Waals surface area contributed by atoms with Crippen molar-refractivity contribution in [3.63, 3.8) is 0 Å². The topological polar surface area (TPSA) is 73.1 Å². The third-order valence-corrected chi connectivity index (χ3v) is 3.11. The van der Waals surface area contributed by atoms with Gasteiger partial charge in [-0.1, -0.05) is 34.5 Å². The Bertz CT molecular complexity index is 572. The molecular formula is C12H12BrClN4O. The molecule has 19 heavy (non-hydrogen) atoms. The second-order valence-corrected chi connectivity index (χ2v) is 5.01. The number of nitrogen functional groups attached to an aromatic ring is 1. The molecule has 0 aliphatic carbocycles. The van der Waals surface area contributed by atoms with E-state index in [0.29, 0.717) is 34.7 Å². The van der Waals surface area contributed by atoms with Gasteiger partial charge in [-0.05, 0) is 18.2 Å². The molecule has 0 unspecified atom stereocenters. The first-order chi connectivity index (χ1) is 9.12. The van der Waals surface area contributed by atoms with Crippen LogP contribution in [0.3, 0.4) is 0 Å². The maximum absolute atomic E-state index is 6.09. The Hall–Kier alpha value is -1.37. The lowest BCUT2D eigenvalue weighted by molar-refractivity contribution is 0.459. The second-order valence-electron chi connectivity index (χ2n) is 3.68. The van der Waals surface area contributed by atoms with Crippen LogP contribution in [0.2, 0.25) is 5.02 Å². The normalized spacial score (nSPS) is 10.3. The number of aryl methyl sites for hydroxylation is 1. The Morgan fingerprint density at radius 3 is 2.79 bits per heavy atom. The molecule has 5 nitrogen and oxygen atoms in total. The first-order valence-corrected chi connectivity index (χ1v) is 6.77. The zero-order valence-corrected chi connectivity index (χ0v) is 12.5. The van der Waals surface area contributed by atoms with Gasteiger partial charge in [0.05, 0.1) is 5.02 Å². The van der Waals surface area contributed by atoms with Crippen molar-refractivity contribution in [3.05, 3.63) is 39.6 Å². The van der Waals surface area contributed by atoms with Gasteiger partial charge >= 0.3 is 0 Å². The van der Waals surface area contributed by atoms with Crippen molar-refractivity contribution in [2.24, 2.45) is 5.84 Å². The van der Waals surface area contributed by atoms with Gasteiger partial charge in [0, 0.05) is 17.0 Å². The van der Waals surface area contributed by atoms with Crippen LogP contribution in [0, 0.1) is 0 Å². The zero-order chi connectivity index (χ0) is 13.8. The van der Waals surface area contributed by atoms with E-state index in [2.05, 4.69) is 31.3 Å². The van der Waals surface area contributed by atoms with Crippen LogP contribution >= 0.6 is 27.5 Å². The van der Waals surface area contributed by atoms with E-state index in [1.54, 1.807) is 18.2 Å². The monoisotopic (exact) mass is 342 g/mol. The van der Waals surface area contributed by atoms with E-state index in [0.717, 1.165) is 4.47 Å². The summed E-state index contributed by atoms with van der Waals surface area (Å²) in [4.78, 5) is 8.44. The molecule has 1 aromatic carbocycles. The molecule has 0 aliphatic heterocycles. The van der Waals surface area contributed by atoms with E-state index < -0.39 is 0 Å². The zero-order valence-electron chi connectivity index (χ0n) is 10.2. The van der Waals surface area contributed by atoms with E-state index in [1.165, 1.54) is 0 Å². The van der Waals surface area contributed by atoms with Crippen molar-refractivity contribution in [2.75, 3.05) is 5.43 Å². The molecule has 0 saturated heterocycles. The number of nitrogens with zero attached hydrogens (tertiary/aromatic N) is 2. The number of rotatable bonds is 4. The molecule has 0 fully saturated rings. The fraction of sp³-hybridized carbons (Fsp3) is 0.167. The molecule has 0 aliphatic rings. The Morgan fingerprint density at radius 2 is 2.16 bits per heavy atom. The van der Waals surface area contributed by atoms with Gasteiger partial charge in [-0.15, -0.1) is 0 Å². The lowest BCUT2D eigenvalue weighted by Gasteiger charge is -2.09. The lowest BCUT2D eigenvalue weighted by Crippen LogP contribution is -2.10. The number of anilines is 1. The van der Waals surface area contributed by atoms with Crippen molar-refractivity contribution in [3.8, 4) is 11.6 Å². The van der Waals surface area contributed by atoms with Gasteiger partial charge in [0.1, 0.15) is 17.4 Å². The molecule has 100 valence electrons. The van der Waals surface area contributed by atoms with Gasteiger partial charge in [-0.2, -0.15) is 4.98 Å². The van der Waals surface area contributed by atoms with E-state index in [1.807, 2.05) is 13.0 Å². The summed E-state index contributed by atoms with van der Waals surface area (Å²) in [7, 11) is 0. The highest BCUT2D eigenvalue weighted by molar-refractivity contribution is 9.10. The largest absolute Gasteiger partial charge is 0.437 e. The summed E-state index contributed by atoms with van der Waals surface area (Å²) < 4.78 is 6.53. The molecule has 2 aromatic rings. The highest BCUT2D eigenvalue weighted by Gasteiger charge is 2.08. The van der Waals surface area contributed by atoms with E-state index >= 15 is 0 Å². The van der Waals surface area contributed by atoms with Crippen LogP contribution in [0.25, 0.3) is 0 Å². The maximum atomic E-state index is 6.09. The first kappa shape index (κ1) is 14.0.